The summed E-state index contributed by atoms with van der Waals surface area (Å²) < 4.78 is 12.8. The number of methoxy groups -OCH3 is 2. The Morgan fingerprint density at radius 1 is 0.972 bits per heavy atom. The number of piperazine rings is 1. The summed E-state index contributed by atoms with van der Waals surface area (Å²) in [5.74, 6) is 2.12. The SMILES string of the molecule is COc1ccc(NC(=O)N2CCN(CCn3c(-c4ccncc4)nc4cccnc43)CC2)c(OC)c1. The van der Waals surface area contributed by atoms with Crippen molar-refractivity contribution in [2.24, 2.45) is 0 Å². The van der Waals surface area contributed by atoms with Crippen molar-refractivity contribution in [1.29, 1.82) is 0 Å². The molecule has 186 valence electrons. The van der Waals surface area contributed by atoms with Gasteiger partial charge in [0.1, 0.15) is 22.8 Å². The highest BCUT2D eigenvalue weighted by Gasteiger charge is 2.23. The number of aromatic nitrogens is 4. The number of rotatable bonds is 7. The smallest absolute Gasteiger partial charge is 0.322 e. The van der Waals surface area contributed by atoms with E-state index in [0.717, 1.165) is 48.7 Å². The maximum atomic E-state index is 12.9. The molecule has 0 spiro atoms. The molecule has 1 aliphatic heterocycles. The lowest BCUT2D eigenvalue weighted by molar-refractivity contribution is 0.144. The van der Waals surface area contributed by atoms with Gasteiger partial charge in [0, 0.05) is 69.5 Å². The molecule has 2 amide bonds. The number of benzene rings is 1. The highest BCUT2D eigenvalue weighted by atomic mass is 16.5. The van der Waals surface area contributed by atoms with Gasteiger partial charge in [-0.25, -0.2) is 14.8 Å². The first-order valence-corrected chi connectivity index (χ1v) is 11.9. The van der Waals surface area contributed by atoms with Crippen LogP contribution < -0.4 is 14.8 Å². The number of carbonyl (C=O) groups excluding carboxylic acids is 1. The first-order chi connectivity index (χ1) is 17.7. The quantitative estimate of drug-likeness (QED) is 0.427. The first-order valence-electron chi connectivity index (χ1n) is 11.9. The molecule has 0 bridgehead atoms. The molecule has 0 saturated carbocycles. The Labute approximate surface area is 209 Å². The standard InChI is InChI=1S/C26H29N7O3/c1-35-20-5-6-21(23(18-20)36-2)30-26(34)32-15-12-31(13-16-32)14-17-33-24(19-7-10-27-11-8-19)29-22-4-3-9-28-25(22)33/h3-11,18H,12-17H2,1-2H3,(H,30,34). The van der Waals surface area contributed by atoms with Crippen molar-refractivity contribution in [3.8, 4) is 22.9 Å². The van der Waals surface area contributed by atoms with Gasteiger partial charge in [-0.3, -0.25) is 9.88 Å². The van der Waals surface area contributed by atoms with Crippen molar-refractivity contribution in [3.63, 3.8) is 0 Å². The zero-order valence-corrected chi connectivity index (χ0v) is 20.4. The molecule has 0 aliphatic carbocycles. The molecule has 1 N–H and O–H groups in total. The van der Waals surface area contributed by atoms with E-state index in [-0.39, 0.29) is 6.03 Å². The van der Waals surface area contributed by atoms with Crippen LogP contribution in [0.1, 0.15) is 0 Å². The fraction of sp³-hybridized carbons (Fsp3) is 0.308. The number of carbonyl (C=O) groups is 1. The molecular formula is C26H29N7O3. The average molecular weight is 488 g/mol. The Morgan fingerprint density at radius 3 is 2.53 bits per heavy atom. The second-order valence-electron chi connectivity index (χ2n) is 8.49. The Hall–Kier alpha value is -4.18. The summed E-state index contributed by atoms with van der Waals surface area (Å²) in [6, 6.07) is 13.0. The van der Waals surface area contributed by atoms with Crippen molar-refractivity contribution in [3.05, 3.63) is 61.1 Å². The maximum Gasteiger partial charge on any atom is 0.322 e. The summed E-state index contributed by atoms with van der Waals surface area (Å²) in [4.78, 5) is 30.6. The normalized spacial score (nSPS) is 14.1. The predicted octanol–water partition coefficient (Wildman–Crippen LogP) is 3.36. The summed E-state index contributed by atoms with van der Waals surface area (Å²) in [6.07, 6.45) is 5.35. The van der Waals surface area contributed by atoms with E-state index < -0.39 is 0 Å². The van der Waals surface area contributed by atoms with Crippen LogP contribution in [0.25, 0.3) is 22.6 Å². The minimum absolute atomic E-state index is 0.136. The first kappa shape index (κ1) is 23.6. The van der Waals surface area contributed by atoms with E-state index >= 15 is 0 Å². The van der Waals surface area contributed by atoms with Crippen LogP contribution in [0.2, 0.25) is 0 Å². The largest absolute Gasteiger partial charge is 0.497 e. The van der Waals surface area contributed by atoms with Gasteiger partial charge in [-0.2, -0.15) is 0 Å². The zero-order chi connectivity index (χ0) is 24.9. The number of anilines is 1. The minimum Gasteiger partial charge on any atom is -0.497 e. The number of fused-ring (bicyclic) bond motifs is 1. The van der Waals surface area contributed by atoms with Crippen molar-refractivity contribution in [2.75, 3.05) is 52.3 Å². The van der Waals surface area contributed by atoms with Crippen LogP contribution in [-0.2, 0) is 6.54 Å². The van der Waals surface area contributed by atoms with Gasteiger partial charge in [-0.1, -0.05) is 0 Å². The zero-order valence-electron chi connectivity index (χ0n) is 20.4. The molecule has 0 unspecified atom stereocenters. The molecule has 0 atom stereocenters. The molecule has 0 radical (unpaired) electrons. The Kier molecular flexibility index (Phi) is 6.94. The maximum absolute atomic E-state index is 12.9. The average Bonchev–Trinajstić information content (AvgIpc) is 3.31. The third-order valence-electron chi connectivity index (χ3n) is 6.39. The fourth-order valence-corrected chi connectivity index (χ4v) is 4.40. The second kappa shape index (κ2) is 10.6. The summed E-state index contributed by atoms with van der Waals surface area (Å²) in [5.41, 5.74) is 3.38. The van der Waals surface area contributed by atoms with Crippen LogP contribution >= 0.6 is 0 Å². The predicted molar refractivity (Wildman–Crippen MR) is 137 cm³/mol. The molecule has 3 aromatic heterocycles. The molecular weight excluding hydrogens is 458 g/mol. The molecule has 4 aromatic rings. The Balaban J connectivity index is 1.21. The number of ether oxygens (including phenoxy) is 2. The number of hydrogen-bond acceptors (Lipinski definition) is 7. The lowest BCUT2D eigenvalue weighted by atomic mass is 10.2. The van der Waals surface area contributed by atoms with Crippen LogP contribution in [0.15, 0.2) is 61.1 Å². The van der Waals surface area contributed by atoms with Gasteiger partial charge < -0.3 is 24.3 Å². The van der Waals surface area contributed by atoms with Crippen molar-refractivity contribution in [1.82, 2.24) is 29.3 Å². The van der Waals surface area contributed by atoms with Gasteiger partial charge in [0.2, 0.25) is 0 Å². The topological polar surface area (TPSA) is 97.6 Å². The van der Waals surface area contributed by atoms with Crippen LogP contribution in [-0.4, -0.2) is 82.3 Å². The van der Waals surface area contributed by atoms with Crippen LogP contribution in [0.4, 0.5) is 10.5 Å². The lowest BCUT2D eigenvalue weighted by Gasteiger charge is -2.34. The fourth-order valence-electron chi connectivity index (χ4n) is 4.40. The molecule has 10 nitrogen and oxygen atoms in total. The molecule has 5 rings (SSSR count). The molecule has 1 fully saturated rings. The van der Waals surface area contributed by atoms with E-state index in [9.17, 15) is 4.79 Å². The lowest BCUT2D eigenvalue weighted by Crippen LogP contribution is -2.50. The summed E-state index contributed by atoms with van der Waals surface area (Å²) in [7, 11) is 3.17. The monoisotopic (exact) mass is 487 g/mol. The molecule has 36 heavy (non-hydrogen) atoms. The molecule has 1 saturated heterocycles. The number of hydrogen-bond donors (Lipinski definition) is 1. The van der Waals surface area contributed by atoms with Gasteiger partial charge in [-0.15, -0.1) is 0 Å². The van der Waals surface area contributed by atoms with Crippen LogP contribution in [0.3, 0.4) is 0 Å². The number of nitrogens with one attached hydrogen (secondary N) is 1. The number of imidazole rings is 1. The van der Waals surface area contributed by atoms with Gasteiger partial charge in [0.15, 0.2) is 5.65 Å². The van der Waals surface area contributed by atoms with E-state index in [1.165, 1.54) is 0 Å². The van der Waals surface area contributed by atoms with Gasteiger partial charge in [-0.05, 0) is 36.4 Å². The highest BCUT2D eigenvalue weighted by Crippen LogP contribution is 2.29. The van der Waals surface area contributed by atoms with E-state index in [4.69, 9.17) is 14.5 Å². The minimum atomic E-state index is -0.136. The summed E-state index contributed by atoms with van der Waals surface area (Å²) in [5, 5.41) is 2.96. The number of amides is 2. The molecule has 4 heterocycles. The van der Waals surface area contributed by atoms with Crippen molar-refractivity contribution in [2.45, 2.75) is 6.54 Å². The van der Waals surface area contributed by atoms with Gasteiger partial charge in [0.05, 0.1) is 19.9 Å². The number of urea groups is 1. The van der Waals surface area contributed by atoms with E-state index in [1.807, 2.05) is 29.2 Å². The van der Waals surface area contributed by atoms with Gasteiger partial charge >= 0.3 is 6.03 Å². The third kappa shape index (κ3) is 4.94. The van der Waals surface area contributed by atoms with Crippen molar-refractivity contribution >= 4 is 22.9 Å². The Morgan fingerprint density at radius 2 is 1.78 bits per heavy atom. The third-order valence-corrected chi connectivity index (χ3v) is 6.39. The highest BCUT2D eigenvalue weighted by molar-refractivity contribution is 5.91. The molecule has 1 aromatic carbocycles. The molecule has 10 heteroatoms. The summed E-state index contributed by atoms with van der Waals surface area (Å²) in [6.45, 7) is 4.45. The number of pyridine rings is 2. The van der Waals surface area contributed by atoms with Gasteiger partial charge in [0.25, 0.3) is 0 Å². The Bertz CT molecular complexity index is 1330. The van der Waals surface area contributed by atoms with Crippen LogP contribution in [0.5, 0.6) is 11.5 Å². The number of nitrogens with zero attached hydrogens (tertiary/aromatic N) is 6. The van der Waals surface area contributed by atoms with E-state index in [2.05, 4.69) is 24.8 Å². The van der Waals surface area contributed by atoms with Crippen LogP contribution in [0, 0.1) is 0 Å². The molecule has 1 aliphatic rings. The van der Waals surface area contributed by atoms with Crippen molar-refractivity contribution < 1.29 is 14.3 Å². The van der Waals surface area contributed by atoms with E-state index in [1.54, 1.807) is 51.0 Å². The summed E-state index contributed by atoms with van der Waals surface area (Å²) >= 11 is 0. The second-order valence-corrected chi connectivity index (χ2v) is 8.49. The van der Waals surface area contributed by atoms with E-state index in [0.29, 0.717) is 30.3 Å².